The molecule has 0 spiro atoms. The third-order valence-corrected chi connectivity index (χ3v) is 6.52. The monoisotopic (exact) mass is 457 g/mol. The molecular formula is C25H25Cl2NO3. The minimum atomic E-state index is -0.450. The predicted octanol–water partition coefficient (Wildman–Crippen LogP) is 7.27. The zero-order chi connectivity index (χ0) is 22.5. The average Bonchev–Trinajstić information content (AvgIpc) is 2.73. The molecule has 162 valence electrons. The molecule has 1 aliphatic carbocycles. The number of hydrogen-bond donors (Lipinski definition) is 1. The van der Waals surface area contributed by atoms with Crippen LogP contribution in [0.25, 0.3) is 11.1 Å². The number of rotatable bonds is 5. The number of quaternary nitrogens is 1. The smallest absolute Gasteiger partial charge is 0.290 e. The van der Waals surface area contributed by atoms with Crippen LogP contribution in [0.15, 0.2) is 72.8 Å². The highest BCUT2D eigenvalue weighted by atomic mass is 35.5. The predicted molar refractivity (Wildman–Crippen MR) is 128 cm³/mol. The summed E-state index contributed by atoms with van der Waals surface area (Å²) >= 11 is 12.4. The number of para-hydroxylation sites is 1. The molecule has 0 bridgehead atoms. The Bertz CT molecular complexity index is 1020. The van der Waals surface area contributed by atoms with Gasteiger partial charge in [-0.3, -0.25) is 4.79 Å². The van der Waals surface area contributed by atoms with Gasteiger partial charge in [-0.1, -0.05) is 59.6 Å². The molecule has 1 aliphatic rings. The molecule has 3 aromatic carbocycles. The number of carbonyl (C=O) groups is 1. The Balaban J connectivity index is 0.000000858. The third-order valence-electron chi connectivity index (χ3n) is 6.09. The maximum Gasteiger partial charge on any atom is 0.290 e. The van der Waals surface area contributed by atoms with Gasteiger partial charge in [0.1, 0.15) is 11.2 Å². The quantitative estimate of drug-likeness (QED) is 0.249. The molecule has 31 heavy (non-hydrogen) atoms. The highest BCUT2D eigenvalue weighted by Gasteiger charge is 2.52. The van der Waals surface area contributed by atoms with E-state index in [1.165, 1.54) is 0 Å². The molecule has 0 saturated heterocycles. The summed E-state index contributed by atoms with van der Waals surface area (Å²) in [6.07, 6.45) is 2.85. The third kappa shape index (κ3) is 4.48. The molecule has 0 aliphatic heterocycles. The number of carboxylic acid groups (broad SMARTS) is 1. The van der Waals surface area contributed by atoms with E-state index in [0.717, 1.165) is 41.6 Å². The second-order valence-electron chi connectivity index (χ2n) is 7.62. The van der Waals surface area contributed by atoms with E-state index in [-0.39, 0.29) is 11.1 Å². The zero-order valence-corrected chi connectivity index (χ0v) is 18.8. The summed E-state index contributed by atoms with van der Waals surface area (Å²) in [6.45, 7) is 2.23. The van der Waals surface area contributed by atoms with E-state index in [1.807, 2.05) is 61.5 Å². The van der Waals surface area contributed by atoms with Gasteiger partial charge in [0.25, 0.3) is 6.47 Å². The second kappa shape index (κ2) is 9.84. The molecule has 0 aromatic heterocycles. The van der Waals surface area contributed by atoms with Crippen LogP contribution >= 0.6 is 23.2 Å². The van der Waals surface area contributed by atoms with Crippen molar-refractivity contribution in [3.05, 3.63) is 93.6 Å². The van der Waals surface area contributed by atoms with Gasteiger partial charge < -0.3 is 15.0 Å². The van der Waals surface area contributed by atoms with Gasteiger partial charge in [0.15, 0.2) is 0 Å². The largest absolute Gasteiger partial charge is 0.627 e. The van der Waals surface area contributed by atoms with Crippen LogP contribution in [0.5, 0.6) is 0 Å². The number of hydroxylamine groups is 2. The maximum absolute atomic E-state index is 14.2. The van der Waals surface area contributed by atoms with Gasteiger partial charge in [0, 0.05) is 28.5 Å². The molecule has 0 amide bonds. The summed E-state index contributed by atoms with van der Waals surface area (Å²) in [5.74, 6) is 0. The van der Waals surface area contributed by atoms with Gasteiger partial charge in [-0.2, -0.15) is 0 Å². The molecule has 4 nitrogen and oxygen atoms in total. The van der Waals surface area contributed by atoms with Gasteiger partial charge in [-0.15, -0.1) is 0 Å². The van der Waals surface area contributed by atoms with Crippen LogP contribution in [0.1, 0.15) is 31.7 Å². The summed E-state index contributed by atoms with van der Waals surface area (Å²) in [5.41, 5.74) is 3.46. The molecule has 1 saturated carbocycles. The summed E-state index contributed by atoms with van der Waals surface area (Å²) in [5, 5.41) is 22.3. The highest BCUT2D eigenvalue weighted by molar-refractivity contribution is 6.35. The fourth-order valence-corrected chi connectivity index (χ4v) is 5.01. The minimum Gasteiger partial charge on any atom is -0.627 e. The number of nitrogens with zero attached hydrogens (tertiary/aromatic N) is 1. The second-order valence-corrected chi connectivity index (χ2v) is 8.49. The van der Waals surface area contributed by atoms with Crippen LogP contribution in [0.4, 0.5) is 5.69 Å². The Labute approximate surface area is 192 Å². The van der Waals surface area contributed by atoms with Crippen LogP contribution in [-0.2, 0) is 10.3 Å². The van der Waals surface area contributed by atoms with Crippen LogP contribution in [-0.4, -0.2) is 18.1 Å². The first-order chi connectivity index (χ1) is 14.9. The highest BCUT2D eigenvalue weighted by Crippen LogP contribution is 2.53. The van der Waals surface area contributed by atoms with E-state index < -0.39 is 5.54 Å². The van der Waals surface area contributed by atoms with Crippen molar-refractivity contribution >= 4 is 35.4 Å². The van der Waals surface area contributed by atoms with Crippen molar-refractivity contribution in [1.82, 2.24) is 4.65 Å². The Morgan fingerprint density at radius 2 is 1.58 bits per heavy atom. The van der Waals surface area contributed by atoms with Gasteiger partial charge in [0.05, 0.1) is 6.54 Å². The van der Waals surface area contributed by atoms with Crippen molar-refractivity contribution in [2.45, 2.75) is 31.7 Å². The summed E-state index contributed by atoms with van der Waals surface area (Å²) in [7, 11) is 0. The molecule has 0 radical (unpaired) electrons. The lowest BCUT2D eigenvalue weighted by Crippen LogP contribution is -2.63. The molecular weight excluding hydrogens is 433 g/mol. The molecule has 4 rings (SSSR count). The first-order valence-electron chi connectivity index (χ1n) is 10.2. The van der Waals surface area contributed by atoms with E-state index >= 15 is 0 Å². The number of benzene rings is 3. The lowest BCUT2D eigenvalue weighted by Gasteiger charge is -2.60. The lowest BCUT2D eigenvalue weighted by molar-refractivity contribution is -0.122. The minimum absolute atomic E-state index is 0.250. The van der Waals surface area contributed by atoms with Crippen molar-refractivity contribution in [1.29, 1.82) is 0 Å². The van der Waals surface area contributed by atoms with Crippen molar-refractivity contribution in [3.63, 3.8) is 0 Å². The first kappa shape index (κ1) is 23.3. The molecule has 6 heteroatoms. The van der Waals surface area contributed by atoms with E-state index in [2.05, 4.69) is 12.1 Å². The molecule has 1 unspecified atom stereocenters. The molecule has 3 aromatic rings. The van der Waals surface area contributed by atoms with Gasteiger partial charge in [-0.05, 0) is 60.9 Å². The Morgan fingerprint density at radius 1 is 0.968 bits per heavy atom. The first-order valence-corrected chi connectivity index (χ1v) is 11.0. The fraction of sp³-hybridized carbons (Fsp3) is 0.240. The summed E-state index contributed by atoms with van der Waals surface area (Å²) < 4.78 is -0.326. The average molecular weight is 458 g/mol. The van der Waals surface area contributed by atoms with Crippen LogP contribution in [0.3, 0.4) is 0 Å². The number of hydrogen-bond acceptors (Lipinski definition) is 2. The molecule has 0 heterocycles. The Hall–Kier alpha value is -2.37. The standard InChI is InChI=1S/C24H23Cl2NO.CH2O2/c1-2-27(28,23-10-4-3-5-11-23)24(12-7-13-24)20-9-6-8-18(14-20)19-15-21(25)17-22(26)16-19;2-1-3/h3-6,8-11,14-17H,2,7,12-13H2,1H3;1H,(H,2,3). The van der Waals surface area contributed by atoms with Gasteiger partial charge >= 0.3 is 0 Å². The molecule has 1 N–H and O–H groups in total. The van der Waals surface area contributed by atoms with Crippen LogP contribution in [0.2, 0.25) is 10.0 Å². The van der Waals surface area contributed by atoms with Crippen LogP contribution in [0, 0.1) is 5.21 Å². The van der Waals surface area contributed by atoms with Gasteiger partial charge in [0.2, 0.25) is 0 Å². The molecule has 1 fully saturated rings. The summed E-state index contributed by atoms with van der Waals surface area (Å²) in [6, 6.07) is 23.6. The summed E-state index contributed by atoms with van der Waals surface area (Å²) in [4.78, 5) is 8.36. The molecule has 1 atom stereocenters. The zero-order valence-electron chi connectivity index (χ0n) is 17.3. The van der Waals surface area contributed by atoms with Gasteiger partial charge in [-0.25, -0.2) is 0 Å². The van der Waals surface area contributed by atoms with E-state index in [1.54, 1.807) is 6.07 Å². The van der Waals surface area contributed by atoms with Crippen molar-refractivity contribution < 1.29 is 9.90 Å². The van der Waals surface area contributed by atoms with Crippen LogP contribution < -0.4 is 4.65 Å². The number of halogens is 2. The van der Waals surface area contributed by atoms with Crippen molar-refractivity contribution in [3.8, 4) is 11.1 Å². The van der Waals surface area contributed by atoms with Crippen molar-refractivity contribution in [2.24, 2.45) is 0 Å². The normalized spacial score (nSPS) is 16.3. The Morgan fingerprint density at radius 3 is 2.10 bits per heavy atom. The Kier molecular flexibility index (Phi) is 7.39. The van der Waals surface area contributed by atoms with E-state index in [9.17, 15) is 5.21 Å². The van der Waals surface area contributed by atoms with E-state index in [0.29, 0.717) is 16.6 Å². The maximum atomic E-state index is 14.2. The lowest BCUT2D eigenvalue weighted by atomic mass is 9.69. The SMILES string of the molecule is CC[N+]([O-])(c1ccccc1)C1(c2cccc(-c3cc(Cl)cc(Cl)c3)c2)CCC1.O=CO. The topological polar surface area (TPSA) is 60.4 Å². The van der Waals surface area contributed by atoms with E-state index in [4.69, 9.17) is 33.1 Å². The fourth-order valence-electron chi connectivity index (χ4n) is 4.48. The van der Waals surface area contributed by atoms with Crippen molar-refractivity contribution in [2.75, 3.05) is 6.54 Å².